The van der Waals surface area contributed by atoms with E-state index >= 15 is 0 Å². The van der Waals surface area contributed by atoms with E-state index in [0.717, 1.165) is 0 Å². The Bertz CT molecular complexity index is 603. The van der Waals surface area contributed by atoms with Crippen LogP contribution in [0.1, 0.15) is 33.1 Å². The van der Waals surface area contributed by atoms with Crippen LogP contribution in [-0.4, -0.2) is 71.4 Å². The van der Waals surface area contributed by atoms with Crippen molar-refractivity contribution in [1.29, 1.82) is 0 Å². The molecule has 166 valence electrons. The zero-order valence-corrected chi connectivity index (χ0v) is 17.7. The lowest BCUT2D eigenvalue weighted by Crippen LogP contribution is -2.57. The van der Waals surface area contributed by atoms with Gasteiger partial charge in [0, 0.05) is 0 Å². The van der Waals surface area contributed by atoms with Gasteiger partial charge in [-0.1, -0.05) is 20.3 Å². The average Bonchev–Trinajstić information content (AvgIpc) is 2.66. The van der Waals surface area contributed by atoms with Gasteiger partial charge in [0.2, 0.25) is 23.6 Å². The minimum atomic E-state index is -1.31. The number of nitrogens with two attached hydrogens (primary N) is 2. The number of primary amides is 1. The van der Waals surface area contributed by atoms with Crippen LogP contribution in [0.5, 0.6) is 0 Å². The number of carboxylic acids is 1. The standard InChI is InChI=1S/C17H31N5O6S/c1-4-9(2)14(19)17(28)22-11(7-12(18)23)16(27)21-10(5-6-29-3)15(26)20-8-13(24)25/h9-11,14H,4-8,19H2,1-3H3,(H2,18,23)(H,20,26)(H,21,27)(H,22,28)(H,24,25). The summed E-state index contributed by atoms with van der Waals surface area (Å²) in [5.41, 5.74) is 11.0. The van der Waals surface area contributed by atoms with Crippen molar-refractivity contribution >= 4 is 41.4 Å². The summed E-state index contributed by atoms with van der Waals surface area (Å²) in [6.45, 7) is 3.03. The first-order valence-corrected chi connectivity index (χ1v) is 10.6. The topological polar surface area (TPSA) is 194 Å². The predicted octanol–water partition coefficient (Wildman–Crippen LogP) is -1.84. The molecule has 0 fully saturated rings. The summed E-state index contributed by atoms with van der Waals surface area (Å²) in [6, 6.07) is -3.22. The summed E-state index contributed by atoms with van der Waals surface area (Å²) in [7, 11) is 0. The van der Waals surface area contributed by atoms with Crippen LogP contribution in [0.3, 0.4) is 0 Å². The number of carbonyl (C=O) groups excluding carboxylic acids is 4. The monoisotopic (exact) mass is 433 g/mol. The number of aliphatic carboxylic acids is 1. The van der Waals surface area contributed by atoms with Crippen LogP contribution >= 0.6 is 11.8 Å². The van der Waals surface area contributed by atoms with Crippen LogP contribution in [-0.2, 0) is 24.0 Å². The first-order valence-electron chi connectivity index (χ1n) is 9.16. The smallest absolute Gasteiger partial charge is 0.322 e. The minimum absolute atomic E-state index is 0.150. The maximum absolute atomic E-state index is 12.6. The number of carboxylic acid groups (broad SMARTS) is 1. The van der Waals surface area contributed by atoms with Gasteiger partial charge >= 0.3 is 5.97 Å². The Morgan fingerprint density at radius 1 is 1.03 bits per heavy atom. The third-order valence-electron chi connectivity index (χ3n) is 4.26. The van der Waals surface area contributed by atoms with Crippen molar-refractivity contribution in [2.45, 2.75) is 51.2 Å². The lowest BCUT2D eigenvalue weighted by Gasteiger charge is -2.24. The maximum atomic E-state index is 12.6. The molecule has 4 unspecified atom stereocenters. The molecule has 0 aliphatic heterocycles. The van der Waals surface area contributed by atoms with E-state index in [2.05, 4.69) is 16.0 Å². The molecule has 0 spiro atoms. The highest BCUT2D eigenvalue weighted by atomic mass is 32.2. The summed E-state index contributed by atoms with van der Waals surface area (Å²) in [5.74, 6) is -3.78. The molecule has 0 radical (unpaired) electrons. The molecule has 0 rings (SSSR count). The van der Waals surface area contributed by atoms with Crippen molar-refractivity contribution in [3.05, 3.63) is 0 Å². The molecule has 0 aromatic rings. The van der Waals surface area contributed by atoms with Gasteiger partial charge < -0.3 is 32.5 Å². The quantitative estimate of drug-likeness (QED) is 0.184. The summed E-state index contributed by atoms with van der Waals surface area (Å²) >= 11 is 1.43. The zero-order valence-electron chi connectivity index (χ0n) is 16.9. The molecule has 0 aromatic heterocycles. The summed E-state index contributed by atoms with van der Waals surface area (Å²) < 4.78 is 0. The van der Waals surface area contributed by atoms with E-state index in [1.54, 1.807) is 13.2 Å². The van der Waals surface area contributed by atoms with E-state index in [9.17, 15) is 24.0 Å². The molecule has 0 saturated carbocycles. The molecule has 11 nitrogen and oxygen atoms in total. The van der Waals surface area contributed by atoms with Crippen LogP contribution in [0, 0.1) is 5.92 Å². The van der Waals surface area contributed by atoms with E-state index in [4.69, 9.17) is 16.6 Å². The second kappa shape index (κ2) is 13.8. The van der Waals surface area contributed by atoms with Crippen molar-refractivity contribution in [2.24, 2.45) is 17.4 Å². The second-order valence-electron chi connectivity index (χ2n) is 6.60. The SMILES string of the molecule is CCC(C)C(N)C(=O)NC(CC(N)=O)C(=O)NC(CCSC)C(=O)NCC(=O)O. The molecule has 0 saturated heterocycles. The molecule has 8 N–H and O–H groups in total. The Balaban J connectivity index is 5.25. The van der Waals surface area contributed by atoms with Gasteiger partial charge in [0.05, 0.1) is 12.5 Å². The second-order valence-corrected chi connectivity index (χ2v) is 7.58. The lowest BCUT2D eigenvalue weighted by atomic mass is 9.99. The number of hydrogen-bond acceptors (Lipinski definition) is 7. The Hall–Kier alpha value is -2.34. The van der Waals surface area contributed by atoms with Gasteiger partial charge in [-0.3, -0.25) is 24.0 Å². The first-order chi connectivity index (χ1) is 13.5. The van der Waals surface area contributed by atoms with Crippen molar-refractivity contribution in [3.8, 4) is 0 Å². The largest absolute Gasteiger partial charge is 0.480 e. The summed E-state index contributed by atoms with van der Waals surface area (Å²) in [6.07, 6.45) is 2.20. The van der Waals surface area contributed by atoms with Crippen molar-refractivity contribution in [2.75, 3.05) is 18.6 Å². The number of hydrogen-bond donors (Lipinski definition) is 6. The van der Waals surface area contributed by atoms with Gasteiger partial charge in [-0.2, -0.15) is 11.8 Å². The van der Waals surface area contributed by atoms with Gasteiger partial charge in [0.25, 0.3) is 0 Å². The van der Waals surface area contributed by atoms with Crippen molar-refractivity contribution in [1.82, 2.24) is 16.0 Å². The Morgan fingerprint density at radius 2 is 1.62 bits per heavy atom. The lowest BCUT2D eigenvalue weighted by molar-refractivity contribution is -0.138. The Labute approximate surface area is 174 Å². The number of thioether (sulfide) groups is 1. The Morgan fingerprint density at radius 3 is 2.10 bits per heavy atom. The van der Waals surface area contributed by atoms with Crippen molar-refractivity contribution < 1.29 is 29.1 Å². The molecule has 4 amide bonds. The zero-order chi connectivity index (χ0) is 22.6. The van der Waals surface area contributed by atoms with E-state index < -0.39 is 60.7 Å². The van der Waals surface area contributed by atoms with Crippen LogP contribution in [0.2, 0.25) is 0 Å². The minimum Gasteiger partial charge on any atom is -0.480 e. The number of amides is 4. The normalized spacial score (nSPS) is 14.8. The molecule has 0 aliphatic rings. The maximum Gasteiger partial charge on any atom is 0.322 e. The fourth-order valence-electron chi connectivity index (χ4n) is 2.25. The number of carbonyl (C=O) groups is 5. The van der Waals surface area contributed by atoms with Crippen molar-refractivity contribution in [3.63, 3.8) is 0 Å². The number of rotatable bonds is 14. The molecule has 12 heteroatoms. The van der Waals surface area contributed by atoms with Crippen LogP contribution in [0.15, 0.2) is 0 Å². The molecule has 0 heterocycles. The fourth-order valence-corrected chi connectivity index (χ4v) is 2.72. The average molecular weight is 434 g/mol. The third kappa shape index (κ3) is 10.7. The van der Waals surface area contributed by atoms with Gasteiger partial charge in [-0.25, -0.2) is 0 Å². The molecular weight excluding hydrogens is 402 g/mol. The number of nitrogens with one attached hydrogen (secondary N) is 3. The van der Waals surface area contributed by atoms with E-state index in [0.29, 0.717) is 12.2 Å². The van der Waals surface area contributed by atoms with E-state index in [1.807, 2.05) is 6.92 Å². The highest BCUT2D eigenvalue weighted by Gasteiger charge is 2.30. The first kappa shape index (κ1) is 26.7. The van der Waals surface area contributed by atoms with Gasteiger partial charge in [-0.05, 0) is 24.3 Å². The van der Waals surface area contributed by atoms with E-state index in [1.165, 1.54) is 11.8 Å². The molecule has 0 bridgehead atoms. The molecule has 29 heavy (non-hydrogen) atoms. The Kier molecular flexibility index (Phi) is 12.7. The third-order valence-corrected chi connectivity index (χ3v) is 4.90. The van der Waals surface area contributed by atoms with Gasteiger partial charge in [0.15, 0.2) is 0 Å². The van der Waals surface area contributed by atoms with Crippen LogP contribution < -0.4 is 27.4 Å². The van der Waals surface area contributed by atoms with Gasteiger partial charge in [-0.15, -0.1) is 0 Å². The van der Waals surface area contributed by atoms with Crippen LogP contribution in [0.25, 0.3) is 0 Å². The molecular formula is C17H31N5O6S. The molecule has 0 aromatic carbocycles. The van der Waals surface area contributed by atoms with Crippen LogP contribution in [0.4, 0.5) is 0 Å². The fraction of sp³-hybridized carbons (Fsp3) is 0.706. The highest BCUT2D eigenvalue weighted by Crippen LogP contribution is 2.07. The van der Waals surface area contributed by atoms with E-state index in [-0.39, 0.29) is 12.3 Å². The summed E-state index contributed by atoms with van der Waals surface area (Å²) in [4.78, 5) is 59.1. The predicted molar refractivity (Wildman–Crippen MR) is 109 cm³/mol. The molecule has 0 aliphatic carbocycles. The summed E-state index contributed by atoms with van der Waals surface area (Å²) in [5, 5.41) is 15.7. The highest BCUT2D eigenvalue weighted by molar-refractivity contribution is 7.98. The van der Waals surface area contributed by atoms with Gasteiger partial charge in [0.1, 0.15) is 18.6 Å². The molecule has 4 atom stereocenters.